The van der Waals surface area contributed by atoms with Gasteiger partial charge >= 0.3 is 0 Å². The van der Waals surface area contributed by atoms with E-state index in [9.17, 15) is 13.9 Å². The largest absolute Gasteiger partial charge is 0.394 e. The van der Waals surface area contributed by atoms with Crippen LogP contribution in [0.3, 0.4) is 0 Å². The highest BCUT2D eigenvalue weighted by molar-refractivity contribution is 9.10. The lowest BCUT2D eigenvalue weighted by Gasteiger charge is -2.20. The zero-order valence-corrected chi connectivity index (χ0v) is 12.4. The summed E-state index contributed by atoms with van der Waals surface area (Å²) in [6.07, 6.45) is 0. The van der Waals surface area contributed by atoms with Gasteiger partial charge in [-0.3, -0.25) is 0 Å². The lowest BCUT2D eigenvalue weighted by atomic mass is 10.1. The molecule has 0 aromatic heterocycles. The molecule has 0 saturated heterocycles. The zero-order valence-electron chi connectivity index (χ0n) is 10.8. The van der Waals surface area contributed by atoms with Gasteiger partial charge in [-0.05, 0) is 48.4 Å². The van der Waals surface area contributed by atoms with E-state index in [-0.39, 0.29) is 18.2 Å². The molecule has 0 saturated carbocycles. The second-order valence-electron chi connectivity index (χ2n) is 4.56. The summed E-state index contributed by atoms with van der Waals surface area (Å²) in [4.78, 5) is 0. The highest BCUT2D eigenvalue weighted by Crippen LogP contribution is 2.27. The van der Waals surface area contributed by atoms with Crippen LogP contribution in [0.4, 0.5) is 14.5 Å². The highest BCUT2D eigenvalue weighted by atomic mass is 79.9. The zero-order chi connectivity index (χ0) is 14.7. The monoisotopic (exact) mass is 341 g/mol. The van der Waals surface area contributed by atoms with Crippen molar-refractivity contribution in [3.05, 3.63) is 63.6 Å². The van der Waals surface area contributed by atoms with Crippen LogP contribution in [-0.4, -0.2) is 11.7 Å². The van der Waals surface area contributed by atoms with E-state index in [1.165, 1.54) is 24.3 Å². The van der Waals surface area contributed by atoms with Crippen LogP contribution in [0.5, 0.6) is 0 Å². The van der Waals surface area contributed by atoms with E-state index >= 15 is 0 Å². The average Bonchev–Trinajstić information content (AvgIpc) is 2.35. The van der Waals surface area contributed by atoms with Crippen LogP contribution in [0.1, 0.15) is 17.2 Å². The van der Waals surface area contributed by atoms with Gasteiger partial charge in [0.2, 0.25) is 0 Å². The summed E-state index contributed by atoms with van der Waals surface area (Å²) in [7, 11) is 0. The lowest BCUT2D eigenvalue weighted by Crippen LogP contribution is -2.15. The first-order valence-corrected chi connectivity index (χ1v) is 6.88. The summed E-state index contributed by atoms with van der Waals surface area (Å²) >= 11 is 3.27. The lowest BCUT2D eigenvalue weighted by molar-refractivity contribution is 0.276. The van der Waals surface area contributed by atoms with Crippen LogP contribution in [0.15, 0.2) is 40.9 Å². The number of halogens is 3. The predicted molar refractivity (Wildman–Crippen MR) is 78.7 cm³/mol. The van der Waals surface area contributed by atoms with Gasteiger partial charge < -0.3 is 10.4 Å². The van der Waals surface area contributed by atoms with Crippen molar-refractivity contribution >= 4 is 21.6 Å². The van der Waals surface area contributed by atoms with E-state index in [0.29, 0.717) is 15.7 Å². The molecule has 5 heteroatoms. The fourth-order valence-electron chi connectivity index (χ4n) is 2.03. The van der Waals surface area contributed by atoms with E-state index in [1.54, 1.807) is 19.1 Å². The molecule has 0 aliphatic heterocycles. The molecule has 2 aromatic carbocycles. The maximum atomic E-state index is 13.4. The summed E-state index contributed by atoms with van der Waals surface area (Å²) in [5.74, 6) is -0.707. The smallest absolute Gasteiger partial charge is 0.125 e. The van der Waals surface area contributed by atoms with E-state index in [4.69, 9.17) is 0 Å². The van der Waals surface area contributed by atoms with Gasteiger partial charge in [-0.15, -0.1) is 0 Å². The van der Waals surface area contributed by atoms with Crippen LogP contribution in [0.2, 0.25) is 0 Å². The minimum atomic E-state index is -0.453. The van der Waals surface area contributed by atoms with E-state index in [0.717, 1.165) is 5.56 Å². The first-order chi connectivity index (χ1) is 9.49. The number of anilines is 1. The minimum Gasteiger partial charge on any atom is -0.394 e. The van der Waals surface area contributed by atoms with Crippen LogP contribution < -0.4 is 5.32 Å². The maximum Gasteiger partial charge on any atom is 0.125 e. The van der Waals surface area contributed by atoms with E-state index in [2.05, 4.69) is 21.2 Å². The first-order valence-electron chi connectivity index (χ1n) is 6.09. The van der Waals surface area contributed by atoms with Gasteiger partial charge in [0.15, 0.2) is 0 Å². The Labute approximate surface area is 124 Å². The Morgan fingerprint density at radius 2 is 1.90 bits per heavy atom. The van der Waals surface area contributed by atoms with E-state index in [1.807, 2.05) is 0 Å². The Morgan fingerprint density at radius 3 is 2.50 bits per heavy atom. The van der Waals surface area contributed by atoms with Gasteiger partial charge in [0.1, 0.15) is 11.6 Å². The summed E-state index contributed by atoms with van der Waals surface area (Å²) in [6.45, 7) is 1.59. The molecule has 2 nitrogen and oxygen atoms in total. The number of aliphatic hydroxyl groups is 1. The third kappa shape index (κ3) is 3.55. The molecule has 1 atom stereocenters. The van der Waals surface area contributed by atoms with Gasteiger partial charge in [-0.2, -0.15) is 0 Å². The van der Waals surface area contributed by atoms with Crippen molar-refractivity contribution in [2.24, 2.45) is 0 Å². The quantitative estimate of drug-likeness (QED) is 0.874. The number of hydrogen-bond acceptors (Lipinski definition) is 2. The fraction of sp³-hybridized carbons (Fsp3) is 0.200. The first kappa shape index (κ1) is 14.9. The van der Waals surface area contributed by atoms with E-state index < -0.39 is 6.04 Å². The molecule has 0 aliphatic rings. The standard InChI is InChI=1S/C15H14BrF2NO/c1-9-4-11(18)6-12(5-9)19-15(8-20)13-3-2-10(17)7-14(13)16/h2-7,15,19-20H,8H2,1H3. The molecule has 20 heavy (non-hydrogen) atoms. The van der Waals surface area contributed by atoms with Gasteiger partial charge in [-0.1, -0.05) is 22.0 Å². The number of hydrogen-bond donors (Lipinski definition) is 2. The molecule has 0 spiro atoms. The fourth-order valence-corrected chi connectivity index (χ4v) is 2.65. The molecule has 0 bridgehead atoms. The summed E-state index contributed by atoms with van der Waals surface area (Å²) in [6, 6.07) is 8.34. The topological polar surface area (TPSA) is 32.3 Å². The Hall–Kier alpha value is -1.46. The van der Waals surface area contributed by atoms with Crippen molar-refractivity contribution < 1.29 is 13.9 Å². The second-order valence-corrected chi connectivity index (χ2v) is 5.42. The van der Waals surface area contributed by atoms with Crippen molar-refractivity contribution in [3.8, 4) is 0 Å². The van der Waals surface area contributed by atoms with Gasteiger partial charge in [0.25, 0.3) is 0 Å². The molecule has 0 amide bonds. The van der Waals surface area contributed by atoms with Crippen LogP contribution in [0.25, 0.3) is 0 Å². The molecule has 2 rings (SSSR count). The maximum absolute atomic E-state index is 13.4. The van der Waals surface area contributed by atoms with Crippen LogP contribution in [-0.2, 0) is 0 Å². The number of nitrogens with one attached hydrogen (secondary N) is 1. The van der Waals surface area contributed by atoms with Gasteiger partial charge in [0, 0.05) is 10.2 Å². The van der Waals surface area contributed by atoms with Crippen molar-refractivity contribution in [2.45, 2.75) is 13.0 Å². The molecule has 0 aliphatic carbocycles. The third-order valence-corrected chi connectivity index (χ3v) is 3.59. The molecule has 106 valence electrons. The molecule has 0 radical (unpaired) electrons. The van der Waals surface area contributed by atoms with Crippen molar-refractivity contribution in [3.63, 3.8) is 0 Å². The normalized spacial score (nSPS) is 12.2. The molecular weight excluding hydrogens is 328 g/mol. The molecule has 2 N–H and O–H groups in total. The van der Waals surface area contributed by atoms with Gasteiger partial charge in [-0.25, -0.2) is 8.78 Å². The Kier molecular flexibility index (Phi) is 4.73. The SMILES string of the molecule is Cc1cc(F)cc(NC(CO)c2ccc(F)cc2Br)c1. The van der Waals surface area contributed by atoms with Gasteiger partial charge in [0.05, 0.1) is 12.6 Å². The minimum absolute atomic E-state index is 0.195. The molecule has 2 aromatic rings. The molecule has 0 heterocycles. The number of benzene rings is 2. The Bertz CT molecular complexity index is 599. The average molecular weight is 342 g/mol. The summed E-state index contributed by atoms with van der Waals surface area (Å²) in [5.41, 5.74) is 2.05. The van der Waals surface area contributed by atoms with Crippen molar-refractivity contribution in [1.29, 1.82) is 0 Å². The third-order valence-electron chi connectivity index (χ3n) is 2.90. The number of aliphatic hydroxyl groups excluding tert-OH is 1. The Balaban J connectivity index is 2.28. The van der Waals surface area contributed by atoms with Crippen LogP contribution >= 0.6 is 15.9 Å². The highest BCUT2D eigenvalue weighted by Gasteiger charge is 2.14. The molecule has 1 unspecified atom stereocenters. The predicted octanol–water partition coefficient (Wildman–Crippen LogP) is 4.18. The summed E-state index contributed by atoms with van der Waals surface area (Å²) in [5, 5.41) is 12.5. The number of aryl methyl sites for hydroxylation is 1. The number of rotatable bonds is 4. The Morgan fingerprint density at radius 1 is 1.15 bits per heavy atom. The van der Waals surface area contributed by atoms with Crippen molar-refractivity contribution in [1.82, 2.24) is 0 Å². The summed E-state index contributed by atoms with van der Waals surface area (Å²) < 4.78 is 27.0. The molecule has 0 fully saturated rings. The van der Waals surface area contributed by atoms with Crippen LogP contribution in [0, 0.1) is 18.6 Å². The van der Waals surface area contributed by atoms with Crippen molar-refractivity contribution in [2.75, 3.05) is 11.9 Å². The second kappa shape index (κ2) is 6.33. The molecular formula is C15H14BrF2NO.